The van der Waals surface area contributed by atoms with Crippen LogP contribution in [0.4, 0.5) is 5.69 Å². The van der Waals surface area contributed by atoms with E-state index < -0.39 is 0 Å². The summed E-state index contributed by atoms with van der Waals surface area (Å²) >= 11 is 7.44. The van der Waals surface area contributed by atoms with Gasteiger partial charge in [-0.3, -0.25) is 9.36 Å². The van der Waals surface area contributed by atoms with Gasteiger partial charge in [-0.15, -0.1) is 16.8 Å². The van der Waals surface area contributed by atoms with Gasteiger partial charge in [-0.25, -0.2) is 0 Å². The van der Waals surface area contributed by atoms with Crippen molar-refractivity contribution in [3.8, 4) is 5.75 Å². The summed E-state index contributed by atoms with van der Waals surface area (Å²) in [5.74, 6) is 1.58. The van der Waals surface area contributed by atoms with E-state index in [1.807, 2.05) is 49.6 Å². The molecule has 1 heterocycles. The van der Waals surface area contributed by atoms with Crippen LogP contribution in [0.2, 0.25) is 5.02 Å². The first kappa shape index (κ1) is 22.9. The summed E-state index contributed by atoms with van der Waals surface area (Å²) in [5, 5.41) is 12.7. The molecule has 0 aliphatic carbocycles. The second-order valence-corrected chi connectivity index (χ2v) is 8.41. The third-order valence-electron chi connectivity index (χ3n) is 4.73. The van der Waals surface area contributed by atoms with E-state index in [1.54, 1.807) is 18.2 Å². The Kier molecular flexibility index (Phi) is 7.76. The molecular weight excluding hydrogens is 432 g/mol. The lowest BCUT2D eigenvalue weighted by Gasteiger charge is -2.13. The average Bonchev–Trinajstić information content (AvgIpc) is 3.11. The number of anilines is 1. The topological polar surface area (TPSA) is 69.0 Å². The van der Waals surface area contributed by atoms with Gasteiger partial charge in [-0.2, -0.15) is 0 Å². The van der Waals surface area contributed by atoms with Crippen LogP contribution in [0.25, 0.3) is 0 Å². The quantitative estimate of drug-likeness (QED) is 0.347. The number of carbonyl (C=O) groups is 1. The normalized spacial score (nSPS) is 10.7. The molecule has 1 amide bonds. The molecule has 0 saturated heterocycles. The molecule has 1 N–H and O–H groups in total. The van der Waals surface area contributed by atoms with E-state index in [2.05, 4.69) is 22.1 Å². The largest absolute Gasteiger partial charge is 0.485 e. The summed E-state index contributed by atoms with van der Waals surface area (Å²) in [4.78, 5) is 12.4. The maximum absolute atomic E-state index is 12.4. The van der Waals surface area contributed by atoms with Crippen LogP contribution in [-0.2, 0) is 17.9 Å². The fraction of sp³-hybridized carbons (Fsp3) is 0.261. The van der Waals surface area contributed by atoms with Gasteiger partial charge >= 0.3 is 0 Å². The zero-order valence-corrected chi connectivity index (χ0v) is 19.4. The molecule has 0 radical (unpaired) electrons. The Balaban J connectivity index is 1.66. The Bertz CT molecular complexity index is 1080. The summed E-state index contributed by atoms with van der Waals surface area (Å²) in [6.07, 6.45) is 1.77. The monoisotopic (exact) mass is 456 g/mol. The molecule has 0 bridgehead atoms. The number of nitrogens with one attached hydrogen (secondary N) is 1. The van der Waals surface area contributed by atoms with Gasteiger partial charge in [-0.1, -0.05) is 53.7 Å². The van der Waals surface area contributed by atoms with Gasteiger partial charge in [0.1, 0.15) is 12.4 Å². The van der Waals surface area contributed by atoms with Crippen molar-refractivity contribution in [3.63, 3.8) is 0 Å². The van der Waals surface area contributed by atoms with Crippen LogP contribution >= 0.6 is 23.4 Å². The minimum atomic E-state index is -0.142. The molecule has 0 atom stereocenters. The Labute approximate surface area is 191 Å². The lowest BCUT2D eigenvalue weighted by atomic mass is 10.1. The van der Waals surface area contributed by atoms with Crippen molar-refractivity contribution in [2.24, 2.45) is 0 Å². The van der Waals surface area contributed by atoms with Crippen LogP contribution in [0.15, 0.2) is 54.2 Å². The molecule has 0 aliphatic rings. The van der Waals surface area contributed by atoms with Crippen LogP contribution in [0, 0.1) is 20.8 Å². The number of para-hydroxylation sites is 1. The van der Waals surface area contributed by atoms with E-state index in [9.17, 15) is 4.79 Å². The Morgan fingerprint density at radius 1 is 1.19 bits per heavy atom. The van der Waals surface area contributed by atoms with Gasteiger partial charge in [0.2, 0.25) is 5.91 Å². The molecule has 3 aromatic rings. The smallest absolute Gasteiger partial charge is 0.234 e. The van der Waals surface area contributed by atoms with Crippen molar-refractivity contribution >= 4 is 35.0 Å². The van der Waals surface area contributed by atoms with Crippen molar-refractivity contribution in [1.82, 2.24) is 14.8 Å². The number of carbonyl (C=O) groups excluding carboxylic acids is 1. The maximum atomic E-state index is 12.4. The minimum absolute atomic E-state index is 0.142. The molecular formula is C23H25ClN4O2S. The second-order valence-electron chi connectivity index (χ2n) is 7.06. The van der Waals surface area contributed by atoms with Gasteiger partial charge in [-0.05, 0) is 49.6 Å². The highest BCUT2D eigenvalue weighted by molar-refractivity contribution is 7.99. The lowest BCUT2D eigenvalue weighted by Crippen LogP contribution is -2.15. The number of amides is 1. The molecule has 0 aliphatic heterocycles. The first-order valence-corrected chi connectivity index (χ1v) is 11.2. The zero-order valence-electron chi connectivity index (χ0n) is 17.8. The van der Waals surface area contributed by atoms with Crippen LogP contribution < -0.4 is 10.1 Å². The number of aryl methyl sites for hydroxylation is 2. The number of aromatic nitrogens is 3. The summed E-state index contributed by atoms with van der Waals surface area (Å²) in [6.45, 7) is 10.5. The molecule has 0 saturated carbocycles. The first-order chi connectivity index (χ1) is 14.9. The van der Waals surface area contributed by atoms with Gasteiger partial charge < -0.3 is 10.1 Å². The molecule has 0 unspecified atom stereocenters. The number of rotatable bonds is 9. The number of hydrogen-bond donors (Lipinski definition) is 1. The van der Waals surface area contributed by atoms with E-state index in [4.69, 9.17) is 16.3 Å². The number of ether oxygens (including phenoxy) is 1. The molecule has 31 heavy (non-hydrogen) atoms. The van der Waals surface area contributed by atoms with Crippen LogP contribution in [-0.4, -0.2) is 26.4 Å². The third-order valence-corrected chi connectivity index (χ3v) is 6.11. The number of hydrogen-bond acceptors (Lipinski definition) is 5. The minimum Gasteiger partial charge on any atom is -0.485 e. The van der Waals surface area contributed by atoms with E-state index in [1.165, 1.54) is 11.8 Å². The highest BCUT2D eigenvalue weighted by atomic mass is 35.5. The SMILES string of the molecule is C=CCn1c(COc2c(C)cccc2C)nnc1SCC(=O)Nc1cccc(Cl)c1C. The predicted octanol–water partition coefficient (Wildman–Crippen LogP) is 5.35. The standard InChI is InChI=1S/C23H25ClN4O2S/c1-5-12-28-20(13-30-22-15(2)8-6-9-16(22)3)26-27-23(28)31-14-21(29)25-19-11-7-10-18(24)17(19)4/h5-11H,1,12-14H2,2-4H3,(H,25,29). The summed E-state index contributed by atoms with van der Waals surface area (Å²) in [6, 6.07) is 11.5. The van der Waals surface area contributed by atoms with Crippen molar-refractivity contribution in [2.45, 2.75) is 39.1 Å². The Morgan fingerprint density at radius 2 is 1.90 bits per heavy atom. The van der Waals surface area contributed by atoms with Gasteiger partial charge in [0.05, 0.1) is 5.75 Å². The lowest BCUT2D eigenvalue weighted by molar-refractivity contribution is -0.113. The van der Waals surface area contributed by atoms with Crippen molar-refractivity contribution in [2.75, 3.05) is 11.1 Å². The first-order valence-electron chi connectivity index (χ1n) is 9.80. The number of nitrogens with zero attached hydrogens (tertiary/aromatic N) is 3. The molecule has 162 valence electrons. The fourth-order valence-corrected chi connectivity index (χ4v) is 4.01. The number of thioether (sulfide) groups is 1. The van der Waals surface area contributed by atoms with E-state index >= 15 is 0 Å². The molecule has 2 aromatic carbocycles. The van der Waals surface area contributed by atoms with E-state index in [0.717, 1.165) is 22.4 Å². The van der Waals surface area contributed by atoms with Crippen LogP contribution in [0.3, 0.4) is 0 Å². The van der Waals surface area contributed by atoms with Gasteiger partial charge in [0, 0.05) is 17.3 Å². The van der Waals surface area contributed by atoms with Crippen LogP contribution in [0.5, 0.6) is 5.75 Å². The molecule has 0 spiro atoms. The predicted molar refractivity (Wildman–Crippen MR) is 126 cm³/mol. The molecule has 1 aromatic heterocycles. The van der Waals surface area contributed by atoms with Crippen LogP contribution in [0.1, 0.15) is 22.5 Å². The Hall–Kier alpha value is -2.77. The maximum Gasteiger partial charge on any atom is 0.234 e. The summed E-state index contributed by atoms with van der Waals surface area (Å²) in [5.41, 5.74) is 3.67. The van der Waals surface area contributed by atoms with Gasteiger partial charge in [0.15, 0.2) is 11.0 Å². The van der Waals surface area contributed by atoms with E-state index in [-0.39, 0.29) is 18.3 Å². The van der Waals surface area contributed by atoms with Crippen molar-refractivity contribution in [1.29, 1.82) is 0 Å². The number of benzene rings is 2. The van der Waals surface area contributed by atoms with Crippen molar-refractivity contribution in [3.05, 3.63) is 76.6 Å². The fourth-order valence-electron chi connectivity index (χ4n) is 3.07. The molecule has 6 nitrogen and oxygen atoms in total. The van der Waals surface area contributed by atoms with Crippen molar-refractivity contribution < 1.29 is 9.53 Å². The highest BCUT2D eigenvalue weighted by Crippen LogP contribution is 2.25. The summed E-state index contributed by atoms with van der Waals surface area (Å²) in [7, 11) is 0. The Morgan fingerprint density at radius 3 is 2.61 bits per heavy atom. The number of halogens is 1. The zero-order chi connectivity index (χ0) is 22.4. The number of allylic oxidation sites excluding steroid dienone is 1. The third kappa shape index (κ3) is 5.68. The molecule has 8 heteroatoms. The average molecular weight is 457 g/mol. The molecule has 3 rings (SSSR count). The van der Waals surface area contributed by atoms with Gasteiger partial charge in [0.25, 0.3) is 0 Å². The summed E-state index contributed by atoms with van der Waals surface area (Å²) < 4.78 is 7.93. The highest BCUT2D eigenvalue weighted by Gasteiger charge is 2.15. The van der Waals surface area contributed by atoms with E-state index in [0.29, 0.717) is 28.2 Å². The second kappa shape index (κ2) is 10.5. The molecule has 0 fully saturated rings.